The standard InChI is InChI=1S/C22H21ClF3N5O/c1-12-9-13(2)27-19(10-12)31-17-7-8-30(14(3)21(17)28-29-31)11-18(32)15-5-4-6-16(20(15)23)22(24,25)26/h4-6,9-10,14H,7-8,11H2,1-3H3. The van der Waals surface area contributed by atoms with Crippen molar-refractivity contribution in [1.82, 2.24) is 24.9 Å². The van der Waals surface area contributed by atoms with Gasteiger partial charge < -0.3 is 0 Å². The van der Waals surface area contributed by atoms with Crippen LogP contribution in [0.5, 0.6) is 0 Å². The molecular formula is C22H21ClF3N5O. The number of nitrogens with zero attached hydrogens (tertiary/aromatic N) is 5. The normalized spacial score (nSPS) is 16.8. The maximum atomic E-state index is 13.1. The highest BCUT2D eigenvalue weighted by molar-refractivity contribution is 6.34. The van der Waals surface area contributed by atoms with Crippen molar-refractivity contribution >= 4 is 17.4 Å². The van der Waals surface area contributed by atoms with Crippen LogP contribution in [0.25, 0.3) is 5.82 Å². The first-order valence-electron chi connectivity index (χ1n) is 10.1. The molecular weight excluding hydrogens is 443 g/mol. The van der Waals surface area contributed by atoms with Crippen LogP contribution in [0.3, 0.4) is 0 Å². The molecule has 1 aliphatic heterocycles. The summed E-state index contributed by atoms with van der Waals surface area (Å²) in [6.07, 6.45) is -4.05. The summed E-state index contributed by atoms with van der Waals surface area (Å²) in [5.74, 6) is 0.212. The smallest absolute Gasteiger partial charge is 0.293 e. The molecule has 0 amide bonds. The monoisotopic (exact) mass is 463 g/mol. The molecule has 1 aromatic carbocycles. The molecule has 0 saturated carbocycles. The van der Waals surface area contributed by atoms with Crippen LogP contribution in [-0.2, 0) is 12.6 Å². The van der Waals surface area contributed by atoms with Crippen molar-refractivity contribution < 1.29 is 18.0 Å². The first-order chi connectivity index (χ1) is 15.1. The van der Waals surface area contributed by atoms with Gasteiger partial charge in [0.05, 0.1) is 28.9 Å². The van der Waals surface area contributed by atoms with Crippen molar-refractivity contribution in [1.29, 1.82) is 0 Å². The van der Waals surface area contributed by atoms with Crippen molar-refractivity contribution in [3.63, 3.8) is 0 Å². The van der Waals surface area contributed by atoms with Gasteiger partial charge in [-0.25, -0.2) is 4.98 Å². The highest BCUT2D eigenvalue weighted by Gasteiger charge is 2.36. The van der Waals surface area contributed by atoms with E-state index in [4.69, 9.17) is 11.6 Å². The Kier molecular flexibility index (Phi) is 5.81. The third kappa shape index (κ3) is 4.14. The van der Waals surface area contributed by atoms with Crippen LogP contribution in [-0.4, -0.2) is 43.8 Å². The van der Waals surface area contributed by atoms with E-state index in [0.29, 0.717) is 18.8 Å². The largest absolute Gasteiger partial charge is 0.417 e. The molecule has 0 fully saturated rings. The summed E-state index contributed by atoms with van der Waals surface area (Å²) >= 11 is 5.93. The topological polar surface area (TPSA) is 63.9 Å². The molecule has 0 N–H and O–H groups in total. The Morgan fingerprint density at radius 1 is 1.25 bits per heavy atom. The Hall–Kier alpha value is -2.78. The number of fused-ring (bicyclic) bond motifs is 1. The zero-order chi connectivity index (χ0) is 23.2. The van der Waals surface area contributed by atoms with Crippen molar-refractivity contribution in [2.45, 2.75) is 39.4 Å². The fourth-order valence-corrected chi connectivity index (χ4v) is 4.39. The number of carbonyl (C=O) groups excluding carboxylic acids is 1. The fraction of sp³-hybridized carbons (Fsp3) is 0.364. The van der Waals surface area contributed by atoms with Gasteiger partial charge in [-0.3, -0.25) is 9.69 Å². The van der Waals surface area contributed by atoms with E-state index in [-0.39, 0.29) is 18.2 Å². The molecule has 3 heterocycles. The predicted molar refractivity (Wildman–Crippen MR) is 113 cm³/mol. The van der Waals surface area contributed by atoms with E-state index in [0.717, 1.165) is 28.7 Å². The minimum absolute atomic E-state index is 0.0731. The van der Waals surface area contributed by atoms with Gasteiger partial charge in [-0.2, -0.15) is 17.9 Å². The molecule has 0 bridgehead atoms. The van der Waals surface area contributed by atoms with Crippen LogP contribution >= 0.6 is 11.6 Å². The zero-order valence-corrected chi connectivity index (χ0v) is 18.5. The van der Waals surface area contributed by atoms with E-state index in [2.05, 4.69) is 15.3 Å². The van der Waals surface area contributed by atoms with E-state index >= 15 is 0 Å². The molecule has 168 valence electrons. The van der Waals surface area contributed by atoms with Crippen LogP contribution in [0.2, 0.25) is 5.02 Å². The lowest BCUT2D eigenvalue weighted by Crippen LogP contribution is -2.38. The van der Waals surface area contributed by atoms with Gasteiger partial charge in [0.2, 0.25) is 0 Å². The van der Waals surface area contributed by atoms with E-state index < -0.39 is 22.5 Å². The number of hydrogen-bond donors (Lipinski definition) is 0. The Balaban J connectivity index is 1.57. The average Bonchev–Trinajstić information content (AvgIpc) is 3.13. The Morgan fingerprint density at radius 2 is 2.00 bits per heavy atom. The van der Waals surface area contributed by atoms with E-state index in [1.807, 2.05) is 37.8 Å². The minimum Gasteiger partial charge on any atom is -0.293 e. The lowest BCUT2D eigenvalue weighted by atomic mass is 10.0. The maximum absolute atomic E-state index is 13.1. The number of halogens is 4. The van der Waals surface area contributed by atoms with Crippen molar-refractivity contribution in [3.05, 3.63) is 69.1 Å². The van der Waals surface area contributed by atoms with E-state index in [1.54, 1.807) is 4.68 Å². The molecule has 10 heteroatoms. The Morgan fingerprint density at radius 3 is 2.69 bits per heavy atom. The fourth-order valence-electron chi connectivity index (χ4n) is 4.05. The molecule has 2 aromatic heterocycles. The molecule has 0 spiro atoms. The number of ketones is 1. The molecule has 0 saturated heterocycles. The summed E-state index contributed by atoms with van der Waals surface area (Å²) in [7, 11) is 0. The van der Waals surface area contributed by atoms with Crippen LogP contribution in [0, 0.1) is 13.8 Å². The number of alkyl halides is 3. The van der Waals surface area contributed by atoms with Gasteiger partial charge >= 0.3 is 6.18 Å². The summed E-state index contributed by atoms with van der Waals surface area (Å²) in [6.45, 7) is 6.24. The number of carbonyl (C=O) groups is 1. The summed E-state index contributed by atoms with van der Waals surface area (Å²) in [5.41, 5.74) is 2.42. The molecule has 1 aliphatic rings. The molecule has 0 radical (unpaired) electrons. The summed E-state index contributed by atoms with van der Waals surface area (Å²) in [6, 6.07) is 7.05. The molecule has 1 atom stereocenters. The lowest BCUT2D eigenvalue weighted by Gasteiger charge is -2.32. The number of aromatic nitrogens is 4. The second kappa shape index (κ2) is 8.29. The third-order valence-corrected chi connectivity index (χ3v) is 6.03. The van der Waals surface area contributed by atoms with Gasteiger partial charge in [0.15, 0.2) is 11.6 Å². The van der Waals surface area contributed by atoms with Gasteiger partial charge in [0, 0.05) is 24.2 Å². The van der Waals surface area contributed by atoms with Crippen molar-refractivity contribution in [2.75, 3.05) is 13.1 Å². The van der Waals surface area contributed by atoms with Gasteiger partial charge in [0.25, 0.3) is 0 Å². The Bertz CT molecular complexity index is 1170. The number of pyridine rings is 1. The van der Waals surface area contributed by atoms with E-state index in [9.17, 15) is 18.0 Å². The molecule has 6 nitrogen and oxygen atoms in total. The minimum atomic E-state index is -4.62. The third-order valence-electron chi connectivity index (χ3n) is 5.62. The number of aryl methyl sites for hydroxylation is 2. The van der Waals surface area contributed by atoms with Gasteiger partial charge in [0.1, 0.15) is 5.69 Å². The molecule has 3 aromatic rings. The van der Waals surface area contributed by atoms with Crippen molar-refractivity contribution in [3.8, 4) is 5.82 Å². The number of Topliss-reactive ketones (excluding diaryl/α,β-unsaturated/α-hetero) is 1. The van der Waals surface area contributed by atoms with Crippen LogP contribution in [0.4, 0.5) is 13.2 Å². The highest BCUT2D eigenvalue weighted by Crippen LogP contribution is 2.37. The first kappa shape index (κ1) is 22.4. The second-order valence-electron chi connectivity index (χ2n) is 7.96. The number of hydrogen-bond acceptors (Lipinski definition) is 5. The summed E-state index contributed by atoms with van der Waals surface area (Å²) < 4.78 is 41.1. The molecule has 4 rings (SSSR count). The maximum Gasteiger partial charge on any atom is 0.417 e. The average molecular weight is 464 g/mol. The quantitative estimate of drug-likeness (QED) is 0.522. The molecule has 0 aliphatic carbocycles. The number of benzene rings is 1. The van der Waals surface area contributed by atoms with E-state index in [1.165, 1.54) is 12.1 Å². The van der Waals surface area contributed by atoms with Gasteiger partial charge in [-0.15, -0.1) is 5.10 Å². The Labute approximate surface area is 188 Å². The number of rotatable bonds is 4. The predicted octanol–water partition coefficient (Wildman–Crippen LogP) is 4.75. The zero-order valence-electron chi connectivity index (χ0n) is 17.7. The molecule has 32 heavy (non-hydrogen) atoms. The summed E-state index contributed by atoms with van der Waals surface area (Å²) in [5, 5.41) is 8.02. The second-order valence-corrected chi connectivity index (χ2v) is 8.34. The SMILES string of the molecule is Cc1cc(C)nc(-n2nnc3c2CCN(CC(=O)c2cccc(C(F)(F)F)c2Cl)C3C)c1. The van der Waals surface area contributed by atoms with Crippen LogP contribution < -0.4 is 0 Å². The van der Waals surface area contributed by atoms with Crippen LogP contribution in [0.15, 0.2) is 30.3 Å². The highest BCUT2D eigenvalue weighted by atomic mass is 35.5. The first-order valence-corrected chi connectivity index (χ1v) is 10.5. The lowest BCUT2D eigenvalue weighted by molar-refractivity contribution is -0.137. The van der Waals surface area contributed by atoms with Crippen molar-refractivity contribution in [2.24, 2.45) is 0 Å². The summed E-state index contributed by atoms with van der Waals surface area (Å²) in [4.78, 5) is 19.2. The van der Waals surface area contributed by atoms with Gasteiger partial charge in [-0.05, 0) is 50.6 Å². The molecule has 1 unspecified atom stereocenters. The van der Waals surface area contributed by atoms with Gasteiger partial charge in [-0.1, -0.05) is 22.9 Å². The van der Waals surface area contributed by atoms with Crippen LogP contribution in [0.1, 0.15) is 51.5 Å².